The molecule has 26 heavy (non-hydrogen) atoms. The zero-order valence-corrected chi connectivity index (χ0v) is 14.0. The van der Waals surface area contributed by atoms with Gasteiger partial charge in [-0.3, -0.25) is 9.69 Å². The molecular weight excluding hydrogens is 349 g/mol. The van der Waals surface area contributed by atoms with E-state index in [2.05, 4.69) is 15.0 Å². The van der Waals surface area contributed by atoms with Crippen molar-refractivity contribution in [2.24, 2.45) is 0 Å². The number of hydrogen-bond acceptors (Lipinski definition) is 4. The van der Waals surface area contributed by atoms with Crippen molar-refractivity contribution in [3.05, 3.63) is 54.0 Å². The number of halogens is 3. The van der Waals surface area contributed by atoms with Gasteiger partial charge in [-0.05, 0) is 62.3 Å². The molecular formula is C18H19F3N2O3. The third-order valence-corrected chi connectivity index (χ3v) is 4.26. The zero-order valence-electron chi connectivity index (χ0n) is 14.0. The molecule has 3 rings (SSSR count). The van der Waals surface area contributed by atoms with Crippen LogP contribution in [0.5, 0.6) is 5.75 Å². The van der Waals surface area contributed by atoms with Gasteiger partial charge in [0, 0.05) is 12.1 Å². The molecule has 2 aromatic rings. The average Bonchev–Trinajstić information content (AvgIpc) is 3.28. The van der Waals surface area contributed by atoms with E-state index in [0.717, 1.165) is 43.8 Å². The molecule has 0 spiro atoms. The lowest BCUT2D eigenvalue weighted by molar-refractivity contribution is -0.274. The Labute approximate surface area is 148 Å². The molecule has 1 N–H and O–H groups in total. The fourth-order valence-electron chi connectivity index (χ4n) is 3.04. The van der Waals surface area contributed by atoms with E-state index in [1.807, 2.05) is 6.07 Å². The van der Waals surface area contributed by atoms with E-state index in [9.17, 15) is 18.0 Å². The third-order valence-electron chi connectivity index (χ3n) is 4.26. The summed E-state index contributed by atoms with van der Waals surface area (Å²) in [6.45, 7) is 2.22. The lowest BCUT2D eigenvalue weighted by atomic mass is 10.1. The smallest absolute Gasteiger partial charge is 0.468 e. The first-order chi connectivity index (χ1) is 12.4. The lowest BCUT2D eigenvalue weighted by Crippen LogP contribution is -2.36. The lowest BCUT2D eigenvalue weighted by Gasteiger charge is -2.26. The molecule has 0 aliphatic carbocycles. The molecule has 0 saturated carbocycles. The van der Waals surface area contributed by atoms with Crippen molar-refractivity contribution in [1.82, 2.24) is 10.2 Å². The summed E-state index contributed by atoms with van der Waals surface area (Å²) >= 11 is 0. The first-order valence-corrected chi connectivity index (χ1v) is 8.34. The number of rotatable bonds is 6. The van der Waals surface area contributed by atoms with Crippen LogP contribution in [0.25, 0.3) is 0 Å². The highest BCUT2D eigenvalue weighted by Gasteiger charge is 2.31. The molecule has 5 nitrogen and oxygen atoms in total. The summed E-state index contributed by atoms with van der Waals surface area (Å²) in [6.07, 6.45) is -0.951. The maximum Gasteiger partial charge on any atom is 0.573 e. The first kappa shape index (κ1) is 18.3. The van der Waals surface area contributed by atoms with Crippen LogP contribution in [0.1, 0.15) is 35.0 Å². The molecule has 1 fully saturated rings. The molecule has 0 radical (unpaired) electrons. The second kappa shape index (κ2) is 7.82. The second-order valence-electron chi connectivity index (χ2n) is 6.06. The van der Waals surface area contributed by atoms with Crippen LogP contribution in [0, 0.1) is 0 Å². The molecule has 140 valence electrons. The quantitative estimate of drug-likeness (QED) is 0.844. The summed E-state index contributed by atoms with van der Waals surface area (Å²) in [7, 11) is 0. The molecule has 1 aliphatic heterocycles. The molecule has 8 heteroatoms. The molecule has 1 saturated heterocycles. The Balaban J connectivity index is 1.61. The highest BCUT2D eigenvalue weighted by atomic mass is 19.4. The Morgan fingerprint density at radius 3 is 2.46 bits per heavy atom. The second-order valence-corrected chi connectivity index (χ2v) is 6.06. The van der Waals surface area contributed by atoms with Crippen LogP contribution in [0.2, 0.25) is 0 Å². The number of nitrogens with zero attached hydrogens (tertiary/aromatic N) is 1. The van der Waals surface area contributed by atoms with Crippen LogP contribution < -0.4 is 10.1 Å². The van der Waals surface area contributed by atoms with E-state index < -0.39 is 6.36 Å². The third kappa shape index (κ3) is 4.78. The SMILES string of the molecule is O=C(NC[C@H](c1ccco1)N1CCCC1)c1ccc(OC(F)(F)F)cc1. The number of nitrogens with one attached hydrogen (secondary N) is 1. The average molecular weight is 368 g/mol. The van der Waals surface area contributed by atoms with Crippen LogP contribution in [-0.2, 0) is 0 Å². The van der Waals surface area contributed by atoms with Gasteiger partial charge in [-0.25, -0.2) is 0 Å². The monoisotopic (exact) mass is 368 g/mol. The summed E-state index contributed by atoms with van der Waals surface area (Å²) in [6, 6.07) is 8.45. The molecule has 1 aliphatic rings. The highest BCUT2D eigenvalue weighted by molar-refractivity contribution is 5.94. The van der Waals surface area contributed by atoms with Gasteiger partial charge in [0.15, 0.2) is 0 Å². The number of carbonyl (C=O) groups is 1. The van der Waals surface area contributed by atoms with E-state index in [4.69, 9.17) is 4.42 Å². The maximum atomic E-state index is 12.3. The molecule has 0 bridgehead atoms. The minimum absolute atomic E-state index is 0.0655. The predicted octanol–water partition coefficient (Wildman–Crippen LogP) is 3.75. The molecule has 1 atom stereocenters. The van der Waals surface area contributed by atoms with Crippen LogP contribution in [0.3, 0.4) is 0 Å². The van der Waals surface area contributed by atoms with Crippen molar-refractivity contribution < 1.29 is 27.1 Å². The summed E-state index contributed by atoms with van der Waals surface area (Å²) in [5, 5.41) is 2.83. The minimum Gasteiger partial charge on any atom is -0.468 e. The van der Waals surface area contributed by atoms with Gasteiger partial charge in [0.05, 0.1) is 12.3 Å². The number of amides is 1. The van der Waals surface area contributed by atoms with Gasteiger partial charge >= 0.3 is 6.36 Å². The van der Waals surface area contributed by atoms with Crippen LogP contribution in [0.15, 0.2) is 47.1 Å². The number of benzene rings is 1. The summed E-state index contributed by atoms with van der Waals surface area (Å²) in [4.78, 5) is 14.6. The van der Waals surface area contributed by atoms with Crippen LogP contribution in [-0.4, -0.2) is 36.8 Å². The van der Waals surface area contributed by atoms with Gasteiger partial charge < -0.3 is 14.5 Å². The van der Waals surface area contributed by atoms with Crippen molar-refractivity contribution in [3.63, 3.8) is 0 Å². The molecule has 1 amide bonds. The molecule has 1 aromatic carbocycles. The van der Waals surface area contributed by atoms with Crippen molar-refractivity contribution in [2.45, 2.75) is 25.2 Å². The largest absolute Gasteiger partial charge is 0.573 e. The van der Waals surface area contributed by atoms with Gasteiger partial charge in [-0.15, -0.1) is 13.2 Å². The molecule has 0 unspecified atom stereocenters. The van der Waals surface area contributed by atoms with E-state index in [0.29, 0.717) is 6.54 Å². The summed E-state index contributed by atoms with van der Waals surface area (Å²) < 4.78 is 45.8. The highest BCUT2D eigenvalue weighted by Crippen LogP contribution is 2.25. The van der Waals surface area contributed by atoms with Gasteiger partial charge in [0.25, 0.3) is 5.91 Å². The Kier molecular flexibility index (Phi) is 5.51. The molecule has 1 aromatic heterocycles. The number of ether oxygens (including phenoxy) is 1. The fourth-order valence-corrected chi connectivity index (χ4v) is 3.04. The fraction of sp³-hybridized carbons (Fsp3) is 0.389. The van der Waals surface area contributed by atoms with E-state index in [1.165, 1.54) is 12.1 Å². The van der Waals surface area contributed by atoms with Crippen molar-refractivity contribution >= 4 is 5.91 Å². The number of likely N-dealkylation sites (tertiary alicyclic amines) is 1. The maximum absolute atomic E-state index is 12.3. The van der Waals surface area contributed by atoms with Gasteiger partial charge in [0.1, 0.15) is 11.5 Å². The number of carbonyl (C=O) groups excluding carboxylic acids is 1. The van der Waals surface area contributed by atoms with Gasteiger partial charge in [-0.1, -0.05) is 0 Å². The van der Waals surface area contributed by atoms with E-state index in [-0.39, 0.29) is 23.3 Å². The van der Waals surface area contributed by atoms with Crippen LogP contribution in [0.4, 0.5) is 13.2 Å². The molecule has 2 heterocycles. The standard InChI is InChI=1S/C18H19F3N2O3/c19-18(20,21)26-14-7-5-13(6-8-14)17(24)22-12-15(16-4-3-11-25-16)23-9-1-2-10-23/h3-8,11,15H,1-2,9-10,12H2,(H,22,24)/t15-/m1/s1. The van der Waals surface area contributed by atoms with Crippen LogP contribution >= 0.6 is 0 Å². The topological polar surface area (TPSA) is 54.7 Å². The normalized spacial score (nSPS) is 16.4. The number of hydrogen-bond donors (Lipinski definition) is 1. The minimum atomic E-state index is -4.75. The van der Waals surface area contributed by atoms with Crippen molar-refractivity contribution in [3.8, 4) is 5.75 Å². The predicted molar refractivity (Wildman–Crippen MR) is 87.7 cm³/mol. The Hall–Kier alpha value is -2.48. The van der Waals surface area contributed by atoms with Crippen molar-refractivity contribution in [2.75, 3.05) is 19.6 Å². The number of alkyl halides is 3. The van der Waals surface area contributed by atoms with Gasteiger partial charge in [-0.2, -0.15) is 0 Å². The number of furan rings is 1. The van der Waals surface area contributed by atoms with E-state index in [1.54, 1.807) is 12.3 Å². The first-order valence-electron chi connectivity index (χ1n) is 8.34. The van der Waals surface area contributed by atoms with E-state index >= 15 is 0 Å². The Morgan fingerprint density at radius 1 is 1.19 bits per heavy atom. The zero-order chi connectivity index (χ0) is 18.6. The summed E-state index contributed by atoms with van der Waals surface area (Å²) in [5.41, 5.74) is 0.263. The Morgan fingerprint density at radius 2 is 1.88 bits per heavy atom. The van der Waals surface area contributed by atoms with Crippen molar-refractivity contribution in [1.29, 1.82) is 0 Å². The van der Waals surface area contributed by atoms with Gasteiger partial charge in [0.2, 0.25) is 0 Å². The summed E-state index contributed by atoms with van der Waals surface area (Å²) in [5.74, 6) is 0.0556. The Bertz CT molecular complexity index is 708.